The van der Waals surface area contributed by atoms with Gasteiger partial charge in [-0.15, -0.1) is 0 Å². The summed E-state index contributed by atoms with van der Waals surface area (Å²) in [4.78, 5) is 27.9. The van der Waals surface area contributed by atoms with E-state index in [0.29, 0.717) is 28.0 Å². The first kappa shape index (κ1) is 19.1. The maximum atomic E-state index is 12.3. The minimum absolute atomic E-state index is 0.123. The van der Waals surface area contributed by atoms with Gasteiger partial charge in [-0.25, -0.2) is 9.78 Å². The predicted molar refractivity (Wildman–Crippen MR) is 105 cm³/mol. The smallest absolute Gasteiger partial charge is 0.330 e. The first-order valence-corrected chi connectivity index (χ1v) is 8.75. The van der Waals surface area contributed by atoms with Crippen molar-refractivity contribution in [2.45, 2.75) is 13.8 Å². The van der Waals surface area contributed by atoms with Crippen molar-refractivity contribution in [1.82, 2.24) is 4.98 Å². The number of para-hydroxylation sites is 1. The van der Waals surface area contributed by atoms with Gasteiger partial charge >= 0.3 is 5.97 Å². The molecule has 0 aliphatic heterocycles. The van der Waals surface area contributed by atoms with Gasteiger partial charge in [0.1, 0.15) is 11.5 Å². The van der Waals surface area contributed by atoms with E-state index in [4.69, 9.17) is 9.47 Å². The van der Waals surface area contributed by atoms with Crippen LogP contribution in [0.5, 0.6) is 17.2 Å². The van der Waals surface area contributed by atoms with E-state index in [-0.39, 0.29) is 18.1 Å². The van der Waals surface area contributed by atoms with Gasteiger partial charge in [0, 0.05) is 22.5 Å². The largest absolute Gasteiger partial charge is 0.505 e. The van der Waals surface area contributed by atoms with Gasteiger partial charge in [-0.2, -0.15) is 0 Å². The number of ether oxygens (including phenoxy) is 2. The number of carbonyl (C=O) groups excluding carboxylic acids is 2. The Hall–Kier alpha value is -3.67. The first-order valence-electron chi connectivity index (χ1n) is 8.75. The third-order valence-electron chi connectivity index (χ3n) is 4.01. The zero-order valence-electron chi connectivity index (χ0n) is 15.5. The summed E-state index contributed by atoms with van der Waals surface area (Å²) in [5.41, 5.74) is 0.432. The summed E-state index contributed by atoms with van der Waals surface area (Å²) in [6.07, 6.45) is 2.06. The normalized spacial score (nSPS) is 10.9. The highest BCUT2D eigenvalue weighted by Crippen LogP contribution is 2.33. The molecule has 0 unspecified atom stereocenters. The van der Waals surface area contributed by atoms with Crippen molar-refractivity contribution < 1.29 is 24.2 Å². The molecule has 0 saturated heterocycles. The van der Waals surface area contributed by atoms with Crippen molar-refractivity contribution in [3.63, 3.8) is 0 Å². The van der Waals surface area contributed by atoms with Crippen LogP contribution in [-0.4, -0.2) is 28.4 Å². The van der Waals surface area contributed by atoms with Crippen molar-refractivity contribution in [3.8, 4) is 17.2 Å². The molecule has 0 radical (unpaired) electrons. The Bertz CT molecular complexity index is 1060. The summed E-state index contributed by atoms with van der Waals surface area (Å²) in [5.74, 6) is -0.182. The summed E-state index contributed by atoms with van der Waals surface area (Å²) in [5, 5.41) is 11.7. The SMILES string of the molecule is CCOC(=O)/C=C/C(=O)c1nc(C)c2cc(Oc3ccccc3)ccc2c1O. The Labute approximate surface area is 162 Å². The van der Waals surface area contributed by atoms with Gasteiger partial charge in [0.2, 0.25) is 5.78 Å². The molecule has 0 fully saturated rings. The van der Waals surface area contributed by atoms with Crippen LogP contribution in [-0.2, 0) is 9.53 Å². The molecule has 3 aromatic rings. The fraction of sp³-hybridized carbons (Fsp3) is 0.136. The van der Waals surface area contributed by atoms with Gasteiger partial charge in [0.15, 0.2) is 11.4 Å². The molecule has 1 heterocycles. The quantitative estimate of drug-likeness (QED) is 0.391. The number of pyridine rings is 1. The minimum atomic E-state index is -0.629. The van der Waals surface area contributed by atoms with Crippen molar-refractivity contribution in [3.05, 3.63) is 72.1 Å². The van der Waals surface area contributed by atoms with E-state index >= 15 is 0 Å². The molecule has 0 bridgehead atoms. The Morgan fingerprint density at radius 1 is 1.04 bits per heavy atom. The summed E-state index contributed by atoms with van der Waals surface area (Å²) in [6.45, 7) is 3.62. The maximum Gasteiger partial charge on any atom is 0.330 e. The number of aryl methyl sites for hydroxylation is 1. The fourth-order valence-electron chi connectivity index (χ4n) is 2.71. The van der Waals surface area contributed by atoms with Crippen LogP contribution in [0.15, 0.2) is 60.7 Å². The molecular weight excluding hydrogens is 358 g/mol. The highest BCUT2D eigenvalue weighted by Gasteiger charge is 2.17. The molecule has 6 nitrogen and oxygen atoms in total. The van der Waals surface area contributed by atoms with Gasteiger partial charge in [-0.1, -0.05) is 18.2 Å². The fourth-order valence-corrected chi connectivity index (χ4v) is 2.71. The van der Waals surface area contributed by atoms with Crippen molar-refractivity contribution in [2.24, 2.45) is 0 Å². The second-order valence-electron chi connectivity index (χ2n) is 5.97. The number of hydrogen-bond acceptors (Lipinski definition) is 6. The van der Waals surface area contributed by atoms with Gasteiger partial charge in [0.25, 0.3) is 0 Å². The second-order valence-corrected chi connectivity index (χ2v) is 5.97. The molecule has 1 aromatic heterocycles. The number of rotatable bonds is 6. The van der Waals surface area contributed by atoms with Gasteiger partial charge in [-0.3, -0.25) is 4.79 Å². The lowest BCUT2D eigenvalue weighted by Gasteiger charge is -2.11. The lowest BCUT2D eigenvalue weighted by molar-refractivity contribution is -0.137. The Balaban J connectivity index is 1.93. The van der Waals surface area contributed by atoms with E-state index in [1.54, 1.807) is 32.0 Å². The Morgan fingerprint density at radius 3 is 2.50 bits per heavy atom. The van der Waals surface area contributed by atoms with Gasteiger partial charge < -0.3 is 14.6 Å². The number of hydrogen-bond donors (Lipinski definition) is 1. The average Bonchev–Trinajstić information content (AvgIpc) is 2.70. The lowest BCUT2D eigenvalue weighted by Crippen LogP contribution is -2.04. The standard InChI is InChI=1S/C22H19NO5/c1-3-27-20(25)12-11-19(24)21-22(26)17-10-9-16(13-18(17)14(2)23-21)28-15-7-5-4-6-8-15/h4-13,26H,3H2,1-2H3/b12-11+. The number of fused-ring (bicyclic) bond motifs is 1. The number of esters is 1. The third-order valence-corrected chi connectivity index (χ3v) is 4.01. The molecule has 0 spiro atoms. The molecule has 142 valence electrons. The average molecular weight is 377 g/mol. The molecule has 28 heavy (non-hydrogen) atoms. The van der Waals surface area contributed by atoms with Crippen LogP contribution in [0, 0.1) is 6.92 Å². The second kappa shape index (κ2) is 8.35. The van der Waals surface area contributed by atoms with Crippen LogP contribution in [0.25, 0.3) is 10.8 Å². The third kappa shape index (κ3) is 4.17. The summed E-state index contributed by atoms with van der Waals surface area (Å²) >= 11 is 0. The van der Waals surface area contributed by atoms with Crippen LogP contribution in [0.2, 0.25) is 0 Å². The molecule has 6 heteroatoms. The van der Waals surface area contributed by atoms with Gasteiger partial charge in [0.05, 0.1) is 6.61 Å². The summed E-state index contributed by atoms with van der Waals surface area (Å²) < 4.78 is 10.5. The van der Waals surface area contributed by atoms with E-state index in [1.165, 1.54) is 0 Å². The summed E-state index contributed by atoms with van der Waals surface area (Å²) in [7, 11) is 0. The number of ketones is 1. The Kier molecular flexibility index (Phi) is 5.69. The number of aromatic hydroxyl groups is 1. The van der Waals surface area contributed by atoms with Crippen molar-refractivity contribution in [1.29, 1.82) is 0 Å². The molecule has 1 N–H and O–H groups in total. The van der Waals surface area contributed by atoms with Crippen LogP contribution in [0.1, 0.15) is 23.1 Å². The van der Waals surface area contributed by atoms with Crippen LogP contribution in [0.3, 0.4) is 0 Å². The topological polar surface area (TPSA) is 85.7 Å². The van der Waals surface area contributed by atoms with E-state index in [0.717, 1.165) is 12.2 Å². The zero-order chi connectivity index (χ0) is 20.1. The van der Waals surface area contributed by atoms with Crippen molar-refractivity contribution >= 4 is 22.5 Å². The van der Waals surface area contributed by atoms with E-state index in [2.05, 4.69) is 4.98 Å². The van der Waals surface area contributed by atoms with Crippen LogP contribution >= 0.6 is 0 Å². The van der Waals surface area contributed by atoms with Crippen molar-refractivity contribution in [2.75, 3.05) is 6.61 Å². The van der Waals surface area contributed by atoms with E-state index in [1.807, 2.05) is 30.3 Å². The number of carbonyl (C=O) groups is 2. The lowest BCUT2D eigenvalue weighted by atomic mass is 10.1. The van der Waals surface area contributed by atoms with E-state index in [9.17, 15) is 14.7 Å². The monoisotopic (exact) mass is 377 g/mol. The molecule has 0 saturated carbocycles. The predicted octanol–water partition coefficient (Wildman–Crippen LogP) is 4.34. The molecule has 3 rings (SSSR count). The minimum Gasteiger partial charge on any atom is -0.505 e. The molecular formula is C22H19NO5. The molecule has 0 amide bonds. The zero-order valence-corrected chi connectivity index (χ0v) is 15.5. The van der Waals surface area contributed by atoms with Crippen LogP contribution in [0.4, 0.5) is 0 Å². The van der Waals surface area contributed by atoms with Gasteiger partial charge in [-0.05, 0) is 50.3 Å². The highest BCUT2D eigenvalue weighted by atomic mass is 16.5. The maximum absolute atomic E-state index is 12.3. The first-order chi connectivity index (χ1) is 13.5. The van der Waals surface area contributed by atoms with E-state index < -0.39 is 11.8 Å². The molecule has 0 aliphatic carbocycles. The van der Waals surface area contributed by atoms with Crippen LogP contribution < -0.4 is 4.74 Å². The number of allylic oxidation sites excluding steroid dienone is 1. The number of nitrogens with zero attached hydrogens (tertiary/aromatic N) is 1. The number of aromatic nitrogens is 1. The molecule has 2 aromatic carbocycles. The molecule has 0 aliphatic rings. The summed E-state index contributed by atoms with van der Waals surface area (Å²) in [6, 6.07) is 14.4. The highest BCUT2D eigenvalue weighted by molar-refractivity contribution is 6.10. The molecule has 0 atom stereocenters. The Morgan fingerprint density at radius 2 is 1.79 bits per heavy atom. The number of benzene rings is 2.